The molecule has 2 N–H and O–H groups in total. The molecule has 0 saturated heterocycles. The normalized spacial score (nSPS) is 11.5. The minimum Gasteiger partial charge on any atom is -0.320 e. The second kappa shape index (κ2) is 6.18. The van der Waals surface area contributed by atoms with Gasteiger partial charge in [0.25, 0.3) is 0 Å². The largest absolute Gasteiger partial charge is 0.320 e. The molecule has 0 atom stereocenters. The van der Waals surface area contributed by atoms with E-state index in [4.69, 9.17) is 11.6 Å². The van der Waals surface area contributed by atoms with Crippen molar-refractivity contribution in [1.82, 2.24) is 5.32 Å². The lowest BCUT2D eigenvalue weighted by Gasteiger charge is -2.09. The molecule has 96 valence electrons. The fourth-order valence-electron chi connectivity index (χ4n) is 1.24. The number of benzene rings is 1. The minimum atomic E-state index is -3.53. The van der Waals surface area contributed by atoms with Gasteiger partial charge >= 0.3 is 0 Å². The van der Waals surface area contributed by atoms with Crippen molar-refractivity contribution in [2.24, 2.45) is 0 Å². The van der Waals surface area contributed by atoms with Crippen LogP contribution in [0.2, 0.25) is 5.02 Å². The third kappa shape index (κ3) is 4.49. The molecule has 0 radical (unpaired) electrons. The van der Waals surface area contributed by atoms with Gasteiger partial charge in [-0.3, -0.25) is 4.72 Å². The topological polar surface area (TPSA) is 58.2 Å². The van der Waals surface area contributed by atoms with E-state index in [-0.39, 0.29) is 16.5 Å². The SMILES string of the molecule is CNCCCS(=O)(=O)Nc1cccc(Cl)c1F. The Balaban J connectivity index is 2.73. The van der Waals surface area contributed by atoms with Crippen LogP contribution in [0.15, 0.2) is 18.2 Å². The molecule has 0 saturated carbocycles. The highest BCUT2D eigenvalue weighted by Crippen LogP contribution is 2.22. The predicted octanol–water partition coefficient (Wildman–Crippen LogP) is 1.83. The lowest BCUT2D eigenvalue weighted by molar-refractivity contribution is 0.594. The average Bonchev–Trinajstić information content (AvgIpc) is 2.25. The summed E-state index contributed by atoms with van der Waals surface area (Å²) in [6.45, 7) is 0.582. The highest BCUT2D eigenvalue weighted by Gasteiger charge is 2.14. The zero-order valence-corrected chi connectivity index (χ0v) is 10.9. The summed E-state index contributed by atoms with van der Waals surface area (Å²) in [5.41, 5.74) is -0.123. The maximum Gasteiger partial charge on any atom is 0.232 e. The van der Waals surface area contributed by atoms with Gasteiger partial charge in [-0.2, -0.15) is 0 Å². The van der Waals surface area contributed by atoms with Gasteiger partial charge in [0.15, 0.2) is 5.82 Å². The smallest absolute Gasteiger partial charge is 0.232 e. The first-order valence-corrected chi connectivity index (χ1v) is 7.08. The van der Waals surface area contributed by atoms with Crippen LogP contribution in [0.4, 0.5) is 10.1 Å². The van der Waals surface area contributed by atoms with Gasteiger partial charge in [-0.1, -0.05) is 17.7 Å². The van der Waals surface area contributed by atoms with Crippen molar-refractivity contribution < 1.29 is 12.8 Å². The maximum absolute atomic E-state index is 13.4. The third-order valence-corrected chi connectivity index (χ3v) is 3.71. The van der Waals surface area contributed by atoms with Crippen molar-refractivity contribution in [3.05, 3.63) is 29.0 Å². The summed E-state index contributed by atoms with van der Waals surface area (Å²) in [7, 11) is -1.80. The standard InChI is InChI=1S/C10H14ClFN2O2S/c1-13-6-3-7-17(15,16)14-9-5-2-4-8(11)10(9)12/h2,4-5,13-14H,3,6-7H2,1H3. The Hall–Kier alpha value is -0.850. The summed E-state index contributed by atoms with van der Waals surface area (Å²) in [6, 6.07) is 4.17. The molecule has 0 unspecified atom stereocenters. The fourth-order valence-corrected chi connectivity index (χ4v) is 2.53. The number of hydrogen-bond donors (Lipinski definition) is 2. The van der Waals surface area contributed by atoms with Gasteiger partial charge in [-0.05, 0) is 32.1 Å². The first kappa shape index (κ1) is 14.2. The summed E-state index contributed by atoms with van der Waals surface area (Å²) >= 11 is 5.55. The van der Waals surface area contributed by atoms with E-state index in [2.05, 4.69) is 10.0 Å². The van der Waals surface area contributed by atoms with E-state index in [1.54, 1.807) is 7.05 Å². The van der Waals surface area contributed by atoms with E-state index in [0.717, 1.165) is 0 Å². The molecule has 0 bridgehead atoms. The molecule has 1 rings (SSSR count). The second-order valence-electron chi connectivity index (χ2n) is 3.48. The van der Waals surface area contributed by atoms with Crippen molar-refractivity contribution in [3.63, 3.8) is 0 Å². The summed E-state index contributed by atoms with van der Waals surface area (Å²) in [4.78, 5) is 0. The summed E-state index contributed by atoms with van der Waals surface area (Å²) in [5, 5.41) is 2.73. The van der Waals surface area contributed by atoms with E-state index in [1.165, 1.54) is 18.2 Å². The molecule has 7 heteroatoms. The molecule has 1 aromatic rings. The van der Waals surface area contributed by atoms with E-state index in [9.17, 15) is 12.8 Å². The van der Waals surface area contributed by atoms with Crippen LogP contribution < -0.4 is 10.0 Å². The summed E-state index contributed by atoms with van der Waals surface area (Å²) < 4.78 is 38.8. The van der Waals surface area contributed by atoms with Gasteiger partial charge in [0.1, 0.15) is 0 Å². The molecule has 0 aliphatic carbocycles. The Kier molecular flexibility index (Phi) is 5.17. The van der Waals surface area contributed by atoms with Gasteiger partial charge in [-0.15, -0.1) is 0 Å². The highest BCUT2D eigenvalue weighted by atomic mass is 35.5. The maximum atomic E-state index is 13.4. The van der Waals surface area contributed by atoms with Crippen molar-refractivity contribution >= 4 is 27.3 Å². The summed E-state index contributed by atoms with van der Waals surface area (Å²) in [5.74, 6) is -0.828. The molecule has 0 fully saturated rings. The van der Waals surface area contributed by atoms with Crippen LogP contribution in [0.3, 0.4) is 0 Å². The molecule has 1 aromatic carbocycles. The quantitative estimate of drug-likeness (QED) is 0.782. The Labute approximate surface area is 105 Å². The van der Waals surface area contributed by atoms with Gasteiger partial charge in [0.2, 0.25) is 10.0 Å². The lowest BCUT2D eigenvalue weighted by atomic mass is 10.3. The van der Waals surface area contributed by atoms with E-state index in [1.807, 2.05) is 0 Å². The minimum absolute atomic E-state index is 0.0696. The zero-order chi connectivity index (χ0) is 12.9. The van der Waals surface area contributed by atoms with Crippen LogP contribution in [-0.4, -0.2) is 27.8 Å². The number of anilines is 1. The first-order chi connectivity index (χ1) is 7.96. The van der Waals surface area contributed by atoms with Crippen molar-refractivity contribution in [1.29, 1.82) is 0 Å². The third-order valence-electron chi connectivity index (χ3n) is 2.06. The molecule has 0 heterocycles. The van der Waals surface area contributed by atoms with E-state index in [0.29, 0.717) is 13.0 Å². The Morgan fingerprint density at radius 3 is 2.76 bits per heavy atom. The van der Waals surface area contributed by atoms with Gasteiger partial charge in [-0.25, -0.2) is 12.8 Å². The highest BCUT2D eigenvalue weighted by molar-refractivity contribution is 7.92. The second-order valence-corrected chi connectivity index (χ2v) is 5.73. The van der Waals surface area contributed by atoms with E-state index >= 15 is 0 Å². The number of rotatable bonds is 6. The van der Waals surface area contributed by atoms with Crippen LogP contribution in [0.5, 0.6) is 0 Å². The number of nitrogens with one attached hydrogen (secondary N) is 2. The van der Waals surface area contributed by atoms with Crippen LogP contribution >= 0.6 is 11.6 Å². The molecular weight excluding hydrogens is 267 g/mol. The molecule has 17 heavy (non-hydrogen) atoms. The predicted molar refractivity (Wildman–Crippen MR) is 67.4 cm³/mol. The first-order valence-electron chi connectivity index (χ1n) is 5.05. The van der Waals surface area contributed by atoms with Crippen LogP contribution in [0.1, 0.15) is 6.42 Å². The van der Waals surface area contributed by atoms with Gasteiger partial charge < -0.3 is 5.32 Å². The van der Waals surface area contributed by atoms with Crippen LogP contribution in [0.25, 0.3) is 0 Å². The molecule has 0 aliphatic rings. The molecule has 4 nitrogen and oxygen atoms in total. The Morgan fingerprint density at radius 1 is 1.41 bits per heavy atom. The number of halogens is 2. The molecule has 0 aliphatic heterocycles. The zero-order valence-electron chi connectivity index (χ0n) is 9.33. The monoisotopic (exact) mass is 280 g/mol. The molecule has 0 amide bonds. The van der Waals surface area contributed by atoms with Crippen LogP contribution in [0, 0.1) is 5.82 Å². The summed E-state index contributed by atoms with van der Waals surface area (Å²) in [6.07, 6.45) is 0.452. The number of hydrogen-bond acceptors (Lipinski definition) is 3. The lowest BCUT2D eigenvalue weighted by Crippen LogP contribution is -2.20. The average molecular weight is 281 g/mol. The number of sulfonamides is 1. The molecule has 0 spiro atoms. The fraction of sp³-hybridized carbons (Fsp3) is 0.400. The Bertz CT molecular complexity index is 479. The van der Waals surface area contributed by atoms with E-state index < -0.39 is 15.8 Å². The molecule has 0 aromatic heterocycles. The molecular formula is C10H14ClFN2O2S. The van der Waals surface area contributed by atoms with Gasteiger partial charge in [0.05, 0.1) is 16.5 Å². The Morgan fingerprint density at radius 2 is 2.12 bits per heavy atom. The van der Waals surface area contributed by atoms with Crippen LogP contribution in [-0.2, 0) is 10.0 Å². The van der Waals surface area contributed by atoms with Crippen molar-refractivity contribution in [2.75, 3.05) is 24.1 Å². The van der Waals surface area contributed by atoms with Gasteiger partial charge in [0, 0.05) is 0 Å². The van der Waals surface area contributed by atoms with Crippen molar-refractivity contribution in [2.45, 2.75) is 6.42 Å². The van der Waals surface area contributed by atoms with Crippen molar-refractivity contribution in [3.8, 4) is 0 Å².